The van der Waals surface area contributed by atoms with Gasteiger partial charge in [-0.3, -0.25) is 4.57 Å². The summed E-state index contributed by atoms with van der Waals surface area (Å²) in [5, 5.41) is 8.61. The number of hydrogen-bond acceptors (Lipinski definition) is 5. The minimum Gasteiger partial charge on any atom is -0.348 e. The van der Waals surface area contributed by atoms with Crippen LogP contribution in [0.5, 0.6) is 0 Å². The summed E-state index contributed by atoms with van der Waals surface area (Å²) in [5.74, 6) is 1.25. The topological polar surface area (TPSA) is 96.8 Å². The Morgan fingerprint density at radius 1 is 1.07 bits per heavy atom. The van der Waals surface area contributed by atoms with E-state index in [1.165, 1.54) is 0 Å². The molecule has 2 aromatic heterocycles. The maximum absolute atomic E-state index is 11.5. The molecule has 146 valence electrons. The molecule has 0 fully saturated rings. The highest BCUT2D eigenvalue weighted by molar-refractivity contribution is 5.92. The van der Waals surface area contributed by atoms with Crippen LogP contribution in [0.2, 0.25) is 0 Å². The van der Waals surface area contributed by atoms with Crippen LogP contribution in [-0.2, 0) is 0 Å². The number of urea groups is 1. The van der Waals surface area contributed by atoms with Crippen LogP contribution in [0.25, 0.3) is 16.9 Å². The number of benzene rings is 2. The van der Waals surface area contributed by atoms with Crippen molar-refractivity contribution in [3.8, 4) is 5.82 Å². The standard InChI is InChI=1S/C21H21N7O/c1-14(15-6-4-3-5-7-15)25-20-23-11-10-19(27-20)28-13-24-17-12-16(8-9-18(17)28)26-21(29)22-2/h3-14H,1-2H3,(H2,22,26,29)(H,23,25,27)/t14-/m0/s1. The molecule has 8 heteroatoms. The number of fused-ring (bicyclic) bond motifs is 1. The van der Waals surface area contributed by atoms with Gasteiger partial charge in [0.2, 0.25) is 5.95 Å². The zero-order valence-electron chi connectivity index (χ0n) is 16.1. The van der Waals surface area contributed by atoms with Gasteiger partial charge in [0.25, 0.3) is 0 Å². The molecule has 3 N–H and O–H groups in total. The normalized spacial score (nSPS) is 11.8. The van der Waals surface area contributed by atoms with E-state index in [1.807, 2.05) is 47.0 Å². The number of imidazole rings is 1. The molecule has 29 heavy (non-hydrogen) atoms. The van der Waals surface area contributed by atoms with Gasteiger partial charge in [-0.25, -0.2) is 14.8 Å². The van der Waals surface area contributed by atoms with E-state index < -0.39 is 0 Å². The van der Waals surface area contributed by atoms with Gasteiger partial charge < -0.3 is 16.0 Å². The molecule has 0 aliphatic heterocycles. The van der Waals surface area contributed by atoms with Gasteiger partial charge in [-0.2, -0.15) is 4.98 Å². The number of hydrogen-bond donors (Lipinski definition) is 3. The summed E-state index contributed by atoms with van der Waals surface area (Å²) in [6.07, 6.45) is 3.43. The summed E-state index contributed by atoms with van der Waals surface area (Å²) in [4.78, 5) is 24.9. The molecule has 2 aromatic carbocycles. The van der Waals surface area contributed by atoms with E-state index in [-0.39, 0.29) is 12.1 Å². The van der Waals surface area contributed by atoms with Crippen molar-refractivity contribution >= 4 is 28.7 Å². The van der Waals surface area contributed by atoms with Crippen molar-refractivity contribution in [1.82, 2.24) is 24.8 Å². The fraction of sp³-hybridized carbons (Fsp3) is 0.143. The molecular weight excluding hydrogens is 366 g/mol. The Kier molecular flexibility index (Phi) is 5.07. The maximum atomic E-state index is 11.5. The quantitative estimate of drug-likeness (QED) is 0.485. The number of aromatic nitrogens is 4. The fourth-order valence-corrected chi connectivity index (χ4v) is 3.04. The van der Waals surface area contributed by atoms with Crippen LogP contribution in [0, 0.1) is 0 Å². The summed E-state index contributed by atoms with van der Waals surface area (Å²) < 4.78 is 1.89. The van der Waals surface area contributed by atoms with Gasteiger partial charge in [0.1, 0.15) is 12.1 Å². The second-order valence-corrected chi connectivity index (χ2v) is 6.54. The van der Waals surface area contributed by atoms with Crippen molar-refractivity contribution in [3.63, 3.8) is 0 Å². The first-order valence-electron chi connectivity index (χ1n) is 9.25. The highest BCUT2D eigenvalue weighted by Crippen LogP contribution is 2.22. The first-order valence-corrected chi connectivity index (χ1v) is 9.25. The van der Waals surface area contributed by atoms with Crippen LogP contribution in [0.15, 0.2) is 67.1 Å². The minimum atomic E-state index is -0.275. The van der Waals surface area contributed by atoms with Gasteiger partial charge in [-0.15, -0.1) is 0 Å². The number of anilines is 2. The predicted molar refractivity (Wildman–Crippen MR) is 113 cm³/mol. The monoisotopic (exact) mass is 387 g/mol. The third-order valence-corrected chi connectivity index (χ3v) is 4.57. The van der Waals surface area contributed by atoms with Gasteiger partial charge >= 0.3 is 6.03 Å². The lowest BCUT2D eigenvalue weighted by atomic mass is 10.1. The average molecular weight is 387 g/mol. The molecule has 2 amide bonds. The second kappa shape index (κ2) is 7.97. The van der Waals surface area contributed by atoms with Gasteiger partial charge in [-0.1, -0.05) is 30.3 Å². The van der Waals surface area contributed by atoms with Crippen molar-refractivity contribution in [2.24, 2.45) is 0 Å². The van der Waals surface area contributed by atoms with Crippen LogP contribution in [-0.4, -0.2) is 32.6 Å². The molecule has 4 aromatic rings. The van der Waals surface area contributed by atoms with E-state index in [1.54, 1.807) is 19.6 Å². The molecule has 0 radical (unpaired) electrons. The lowest BCUT2D eigenvalue weighted by molar-refractivity contribution is 0.254. The van der Waals surface area contributed by atoms with E-state index in [2.05, 4.69) is 50.0 Å². The zero-order chi connectivity index (χ0) is 20.2. The third kappa shape index (κ3) is 4.01. The van der Waals surface area contributed by atoms with Crippen molar-refractivity contribution in [1.29, 1.82) is 0 Å². The fourth-order valence-electron chi connectivity index (χ4n) is 3.04. The summed E-state index contributed by atoms with van der Waals surface area (Å²) in [6, 6.07) is 17.3. The van der Waals surface area contributed by atoms with Gasteiger partial charge in [-0.05, 0) is 36.8 Å². The van der Waals surface area contributed by atoms with E-state index in [9.17, 15) is 4.79 Å². The Bertz CT molecular complexity index is 1140. The Hall–Kier alpha value is -3.94. The molecule has 0 aliphatic carbocycles. The van der Waals surface area contributed by atoms with E-state index in [0.29, 0.717) is 17.5 Å². The summed E-state index contributed by atoms with van der Waals surface area (Å²) >= 11 is 0. The number of nitrogens with zero attached hydrogens (tertiary/aromatic N) is 4. The van der Waals surface area contributed by atoms with Crippen molar-refractivity contribution in [2.75, 3.05) is 17.7 Å². The van der Waals surface area contributed by atoms with Gasteiger partial charge in [0.05, 0.1) is 17.1 Å². The van der Waals surface area contributed by atoms with Crippen LogP contribution < -0.4 is 16.0 Å². The molecule has 0 saturated carbocycles. The Balaban J connectivity index is 1.59. The summed E-state index contributed by atoms with van der Waals surface area (Å²) in [7, 11) is 1.57. The minimum absolute atomic E-state index is 0.0735. The Labute approximate surface area is 168 Å². The van der Waals surface area contributed by atoms with Crippen molar-refractivity contribution in [2.45, 2.75) is 13.0 Å². The van der Waals surface area contributed by atoms with E-state index in [4.69, 9.17) is 0 Å². The molecule has 0 bridgehead atoms. The van der Waals surface area contributed by atoms with Gasteiger partial charge in [0.15, 0.2) is 0 Å². The molecule has 0 saturated heterocycles. The number of carbonyl (C=O) groups excluding carboxylic acids is 1. The van der Waals surface area contributed by atoms with Crippen molar-refractivity contribution in [3.05, 3.63) is 72.7 Å². The molecule has 8 nitrogen and oxygen atoms in total. The molecule has 0 unspecified atom stereocenters. The Morgan fingerprint density at radius 2 is 1.90 bits per heavy atom. The van der Waals surface area contributed by atoms with E-state index in [0.717, 1.165) is 16.6 Å². The number of carbonyl (C=O) groups is 1. The predicted octanol–water partition coefficient (Wildman–Crippen LogP) is 3.74. The molecule has 0 spiro atoms. The van der Waals surface area contributed by atoms with Crippen LogP contribution >= 0.6 is 0 Å². The molecule has 1 atom stereocenters. The molecule has 2 heterocycles. The second-order valence-electron chi connectivity index (χ2n) is 6.54. The average Bonchev–Trinajstić information content (AvgIpc) is 3.17. The van der Waals surface area contributed by atoms with Crippen LogP contribution in [0.1, 0.15) is 18.5 Å². The maximum Gasteiger partial charge on any atom is 0.318 e. The molecule has 0 aliphatic rings. The van der Waals surface area contributed by atoms with Crippen LogP contribution in [0.3, 0.4) is 0 Å². The number of nitrogens with one attached hydrogen (secondary N) is 3. The largest absolute Gasteiger partial charge is 0.348 e. The van der Waals surface area contributed by atoms with Crippen LogP contribution in [0.4, 0.5) is 16.4 Å². The smallest absolute Gasteiger partial charge is 0.318 e. The number of rotatable bonds is 5. The number of amides is 2. The molecular formula is C21H21N7O. The summed E-state index contributed by atoms with van der Waals surface area (Å²) in [6.45, 7) is 2.07. The summed E-state index contributed by atoms with van der Waals surface area (Å²) in [5.41, 5.74) is 3.47. The highest BCUT2D eigenvalue weighted by atomic mass is 16.2. The third-order valence-electron chi connectivity index (χ3n) is 4.57. The Morgan fingerprint density at radius 3 is 2.69 bits per heavy atom. The highest BCUT2D eigenvalue weighted by Gasteiger charge is 2.11. The first-order chi connectivity index (χ1) is 14.1. The zero-order valence-corrected chi connectivity index (χ0v) is 16.1. The lowest BCUT2D eigenvalue weighted by Crippen LogP contribution is -2.24. The van der Waals surface area contributed by atoms with E-state index >= 15 is 0 Å². The van der Waals surface area contributed by atoms with Gasteiger partial charge in [0, 0.05) is 18.9 Å². The van der Waals surface area contributed by atoms with Crippen molar-refractivity contribution < 1.29 is 4.79 Å². The first kappa shape index (κ1) is 18.4. The SMILES string of the molecule is CNC(=O)Nc1ccc2c(c1)ncn2-c1ccnc(N[C@@H](C)c2ccccc2)n1. The lowest BCUT2D eigenvalue weighted by Gasteiger charge is -2.14. The molecule has 4 rings (SSSR count).